The van der Waals surface area contributed by atoms with Crippen LogP contribution in [-0.4, -0.2) is 27.4 Å². The summed E-state index contributed by atoms with van der Waals surface area (Å²) in [5.74, 6) is -0.168. The predicted molar refractivity (Wildman–Crippen MR) is 111 cm³/mol. The molecule has 0 saturated carbocycles. The van der Waals surface area contributed by atoms with E-state index < -0.39 is 0 Å². The molecule has 0 aliphatic rings. The second kappa shape index (κ2) is 8.43. The SMILES string of the molecule is CC(=O)c1ccc(NC(=O)c2cc(C)nc(Nc3ccc(C(C)=O)cc3)n2)cc1. The molecular formula is C22H20N4O3. The maximum atomic E-state index is 12.6. The molecule has 3 aromatic rings. The van der Waals surface area contributed by atoms with Gasteiger partial charge in [0.25, 0.3) is 5.91 Å². The van der Waals surface area contributed by atoms with Crippen molar-refractivity contribution in [3.63, 3.8) is 0 Å². The maximum absolute atomic E-state index is 12.6. The molecule has 2 N–H and O–H groups in total. The monoisotopic (exact) mass is 388 g/mol. The van der Waals surface area contributed by atoms with Crippen LogP contribution in [0.4, 0.5) is 17.3 Å². The highest BCUT2D eigenvalue weighted by atomic mass is 16.2. The molecule has 146 valence electrons. The van der Waals surface area contributed by atoms with Crippen LogP contribution in [0, 0.1) is 6.92 Å². The van der Waals surface area contributed by atoms with Gasteiger partial charge in [-0.3, -0.25) is 14.4 Å². The van der Waals surface area contributed by atoms with Gasteiger partial charge in [0.2, 0.25) is 5.95 Å². The lowest BCUT2D eigenvalue weighted by atomic mass is 10.1. The minimum absolute atomic E-state index is 0.0151. The number of aromatic nitrogens is 2. The molecular weight excluding hydrogens is 368 g/mol. The summed E-state index contributed by atoms with van der Waals surface area (Å²) in [6.07, 6.45) is 0. The molecule has 0 unspecified atom stereocenters. The summed E-state index contributed by atoms with van der Waals surface area (Å²) in [6.45, 7) is 4.76. The molecule has 2 aromatic carbocycles. The second-order valence-electron chi connectivity index (χ2n) is 6.56. The van der Waals surface area contributed by atoms with Crippen LogP contribution in [0.5, 0.6) is 0 Å². The minimum Gasteiger partial charge on any atom is -0.324 e. The zero-order valence-electron chi connectivity index (χ0n) is 16.3. The minimum atomic E-state index is -0.388. The highest BCUT2D eigenvalue weighted by Gasteiger charge is 2.12. The molecule has 7 nitrogen and oxygen atoms in total. The van der Waals surface area contributed by atoms with Gasteiger partial charge in [0.15, 0.2) is 11.6 Å². The fraction of sp³-hybridized carbons (Fsp3) is 0.136. The van der Waals surface area contributed by atoms with Crippen LogP contribution >= 0.6 is 0 Å². The third-order valence-electron chi connectivity index (χ3n) is 4.18. The van der Waals surface area contributed by atoms with Gasteiger partial charge in [-0.25, -0.2) is 9.97 Å². The van der Waals surface area contributed by atoms with Crippen molar-refractivity contribution in [3.8, 4) is 0 Å². The first-order valence-corrected chi connectivity index (χ1v) is 8.98. The number of nitrogens with one attached hydrogen (secondary N) is 2. The number of ketones is 2. The summed E-state index contributed by atoms with van der Waals surface area (Å²) >= 11 is 0. The zero-order valence-corrected chi connectivity index (χ0v) is 16.3. The number of benzene rings is 2. The topological polar surface area (TPSA) is 101 Å². The van der Waals surface area contributed by atoms with E-state index in [1.807, 2.05) is 0 Å². The molecule has 1 amide bonds. The standard InChI is InChI=1S/C22H20N4O3/c1-13-12-20(21(29)24-18-8-4-16(5-9-18)14(2)27)26-22(23-13)25-19-10-6-17(7-11-19)15(3)28/h4-12H,1-3H3,(H,24,29)(H,23,25,26). The molecule has 0 atom stereocenters. The van der Waals surface area contributed by atoms with E-state index in [1.54, 1.807) is 61.5 Å². The number of nitrogens with zero attached hydrogens (tertiary/aromatic N) is 2. The molecule has 0 fully saturated rings. The molecule has 0 aliphatic carbocycles. The number of amides is 1. The van der Waals surface area contributed by atoms with Gasteiger partial charge in [0.1, 0.15) is 5.69 Å². The lowest BCUT2D eigenvalue weighted by Gasteiger charge is -2.09. The fourth-order valence-corrected chi connectivity index (χ4v) is 2.64. The number of rotatable bonds is 6. The number of carbonyl (C=O) groups is 3. The summed E-state index contributed by atoms with van der Waals surface area (Å²) in [6, 6.07) is 15.1. The fourth-order valence-electron chi connectivity index (χ4n) is 2.64. The van der Waals surface area contributed by atoms with Gasteiger partial charge in [0, 0.05) is 28.2 Å². The van der Waals surface area contributed by atoms with Crippen molar-refractivity contribution in [2.75, 3.05) is 10.6 Å². The molecule has 3 rings (SSSR count). The predicted octanol–water partition coefficient (Wildman–Crippen LogP) is 4.19. The van der Waals surface area contributed by atoms with Crippen LogP contribution in [0.1, 0.15) is 50.7 Å². The first-order valence-electron chi connectivity index (χ1n) is 8.98. The van der Waals surface area contributed by atoms with Gasteiger partial charge in [-0.15, -0.1) is 0 Å². The summed E-state index contributed by atoms with van der Waals surface area (Å²) in [5.41, 5.74) is 3.27. The van der Waals surface area contributed by atoms with Gasteiger partial charge in [-0.05, 0) is 75.4 Å². The Morgan fingerprint density at radius 2 is 1.28 bits per heavy atom. The van der Waals surface area contributed by atoms with Crippen molar-refractivity contribution in [2.24, 2.45) is 0 Å². The normalized spacial score (nSPS) is 10.3. The van der Waals surface area contributed by atoms with Crippen molar-refractivity contribution in [2.45, 2.75) is 20.8 Å². The Bertz CT molecular complexity index is 1070. The van der Waals surface area contributed by atoms with Gasteiger partial charge in [0.05, 0.1) is 0 Å². The van der Waals surface area contributed by atoms with Crippen LogP contribution in [0.15, 0.2) is 54.6 Å². The Labute approximate surface area is 168 Å². The van der Waals surface area contributed by atoms with Gasteiger partial charge >= 0.3 is 0 Å². The van der Waals surface area contributed by atoms with Crippen molar-refractivity contribution in [3.05, 3.63) is 77.1 Å². The van der Waals surface area contributed by atoms with Crippen LogP contribution in [0.25, 0.3) is 0 Å². The number of carbonyl (C=O) groups excluding carboxylic acids is 3. The zero-order chi connectivity index (χ0) is 21.0. The van der Waals surface area contributed by atoms with E-state index >= 15 is 0 Å². The second-order valence-corrected chi connectivity index (χ2v) is 6.56. The first kappa shape index (κ1) is 19.9. The van der Waals surface area contributed by atoms with Crippen molar-refractivity contribution >= 4 is 34.8 Å². The molecule has 0 aliphatic heterocycles. The summed E-state index contributed by atoms with van der Waals surface area (Å²) in [5, 5.41) is 5.80. The maximum Gasteiger partial charge on any atom is 0.274 e. The molecule has 1 heterocycles. The number of anilines is 3. The van der Waals surface area contributed by atoms with Gasteiger partial charge in [-0.1, -0.05) is 0 Å². The quantitative estimate of drug-likeness (QED) is 0.614. The summed E-state index contributed by atoms with van der Waals surface area (Å²) in [7, 11) is 0. The lowest BCUT2D eigenvalue weighted by molar-refractivity contribution is 0.100. The van der Waals surface area contributed by atoms with E-state index in [0.717, 1.165) is 0 Å². The number of aryl methyl sites for hydroxylation is 1. The molecule has 0 radical (unpaired) electrons. The molecule has 7 heteroatoms. The number of hydrogen-bond acceptors (Lipinski definition) is 6. The molecule has 0 spiro atoms. The van der Waals surface area contributed by atoms with Crippen molar-refractivity contribution < 1.29 is 14.4 Å². The third-order valence-corrected chi connectivity index (χ3v) is 4.18. The van der Waals surface area contributed by atoms with Crippen LogP contribution in [0.2, 0.25) is 0 Å². The third kappa shape index (κ3) is 5.10. The van der Waals surface area contributed by atoms with Crippen LogP contribution in [0.3, 0.4) is 0 Å². The van der Waals surface area contributed by atoms with E-state index in [1.165, 1.54) is 13.8 Å². The van der Waals surface area contributed by atoms with E-state index in [-0.39, 0.29) is 29.1 Å². The Kier molecular flexibility index (Phi) is 5.78. The average Bonchev–Trinajstić information content (AvgIpc) is 2.68. The Morgan fingerprint density at radius 3 is 1.79 bits per heavy atom. The van der Waals surface area contributed by atoms with E-state index in [0.29, 0.717) is 28.2 Å². The van der Waals surface area contributed by atoms with Crippen molar-refractivity contribution in [1.29, 1.82) is 0 Å². The van der Waals surface area contributed by atoms with Crippen LogP contribution < -0.4 is 10.6 Å². The number of hydrogen-bond donors (Lipinski definition) is 2. The van der Waals surface area contributed by atoms with Gasteiger partial charge in [-0.2, -0.15) is 0 Å². The Morgan fingerprint density at radius 1 is 0.759 bits per heavy atom. The molecule has 1 aromatic heterocycles. The average molecular weight is 388 g/mol. The summed E-state index contributed by atoms with van der Waals surface area (Å²) in [4.78, 5) is 43.9. The smallest absolute Gasteiger partial charge is 0.274 e. The Balaban J connectivity index is 1.76. The largest absolute Gasteiger partial charge is 0.324 e. The van der Waals surface area contributed by atoms with Crippen molar-refractivity contribution in [1.82, 2.24) is 9.97 Å². The highest BCUT2D eigenvalue weighted by molar-refractivity contribution is 6.03. The van der Waals surface area contributed by atoms with E-state index in [2.05, 4.69) is 20.6 Å². The first-order chi connectivity index (χ1) is 13.8. The lowest BCUT2D eigenvalue weighted by Crippen LogP contribution is -2.15. The molecule has 0 saturated heterocycles. The van der Waals surface area contributed by atoms with E-state index in [9.17, 15) is 14.4 Å². The summed E-state index contributed by atoms with van der Waals surface area (Å²) < 4.78 is 0. The highest BCUT2D eigenvalue weighted by Crippen LogP contribution is 2.16. The number of Topliss-reactive ketones (excluding diaryl/α,β-unsaturated/α-hetero) is 2. The van der Waals surface area contributed by atoms with E-state index in [4.69, 9.17) is 0 Å². The molecule has 0 bridgehead atoms. The van der Waals surface area contributed by atoms with Crippen LogP contribution in [-0.2, 0) is 0 Å². The van der Waals surface area contributed by atoms with Gasteiger partial charge < -0.3 is 10.6 Å². The molecule has 29 heavy (non-hydrogen) atoms. The Hall–Kier alpha value is -3.87.